The number of carbonyl (C=O) groups excluding carboxylic acids is 2. The van der Waals surface area contributed by atoms with Gasteiger partial charge in [0.25, 0.3) is 11.5 Å². The molecule has 2 aromatic carbocycles. The number of anilines is 1. The predicted octanol–water partition coefficient (Wildman–Crippen LogP) is 3.12. The molecule has 2 amide bonds. The van der Waals surface area contributed by atoms with E-state index in [4.69, 9.17) is 0 Å². The summed E-state index contributed by atoms with van der Waals surface area (Å²) in [6.07, 6.45) is 1.56. The van der Waals surface area contributed by atoms with Gasteiger partial charge in [0.15, 0.2) is 0 Å². The molecule has 0 saturated carbocycles. The molecule has 3 aromatic rings. The van der Waals surface area contributed by atoms with Gasteiger partial charge in [0.1, 0.15) is 12.4 Å². The van der Waals surface area contributed by atoms with Crippen LogP contribution in [-0.2, 0) is 11.3 Å². The van der Waals surface area contributed by atoms with Crippen LogP contribution in [0, 0.1) is 5.82 Å². The van der Waals surface area contributed by atoms with Crippen molar-refractivity contribution in [1.82, 2.24) is 9.88 Å². The SMILES string of the molecule is C[C@@H](NC(=O)Cn1ccccc1=O)c1ccc(NC(=O)c2ccc(F)cc2)cc1. The summed E-state index contributed by atoms with van der Waals surface area (Å²) in [5, 5.41) is 5.58. The molecule has 1 heterocycles. The number of hydrogen-bond donors (Lipinski definition) is 2. The first kappa shape index (κ1) is 20.0. The molecule has 0 radical (unpaired) electrons. The van der Waals surface area contributed by atoms with Crippen molar-refractivity contribution in [2.24, 2.45) is 0 Å². The van der Waals surface area contributed by atoms with Crippen LogP contribution in [0.15, 0.2) is 77.7 Å². The largest absolute Gasteiger partial charge is 0.348 e. The third-order valence-corrected chi connectivity index (χ3v) is 4.37. The van der Waals surface area contributed by atoms with Gasteiger partial charge in [0.05, 0.1) is 6.04 Å². The summed E-state index contributed by atoms with van der Waals surface area (Å²) < 4.78 is 14.3. The maximum atomic E-state index is 13.0. The Morgan fingerprint density at radius 2 is 1.69 bits per heavy atom. The average Bonchev–Trinajstić information content (AvgIpc) is 2.70. The van der Waals surface area contributed by atoms with Crippen LogP contribution in [-0.4, -0.2) is 16.4 Å². The minimum Gasteiger partial charge on any atom is -0.348 e. The van der Waals surface area contributed by atoms with E-state index in [-0.39, 0.29) is 30.0 Å². The number of rotatable bonds is 6. The van der Waals surface area contributed by atoms with Gasteiger partial charge in [-0.05, 0) is 55.0 Å². The number of nitrogens with one attached hydrogen (secondary N) is 2. The fourth-order valence-electron chi connectivity index (χ4n) is 2.78. The van der Waals surface area contributed by atoms with Crippen LogP contribution in [0.3, 0.4) is 0 Å². The topological polar surface area (TPSA) is 80.2 Å². The second-order valence-electron chi connectivity index (χ2n) is 6.54. The number of pyridine rings is 1. The molecule has 0 aliphatic heterocycles. The monoisotopic (exact) mass is 393 g/mol. The molecule has 6 nitrogen and oxygen atoms in total. The molecule has 0 unspecified atom stereocenters. The highest BCUT2D eigenvalue weighted by molar-refractivity contribution is 6.04. The van der Waals surface area contributed by atoms with Crippen molar-refractivity contribution in [2.45, 2.75) is 19.5 Å². The Hall–Kier alpha value is -3.74. The highest BCUT2D eigenvalue weighted by Gasteiger charge is 2.11. The normalized spacial score (nSPS) is 11.5. The van der Waals surface area contributed by atoms with E-state index in [1.165, 1.54) is 34.9 Å². The van der Waals surface area contributed by atoms with E-state index < -0.39 is 5.82 Å². The molecule has 0 bridgehead atoms. The van der Waals surface area contributed by atoms with Crippen molar-refractivity contribution in [3.05, 3.63) is 100 Å². The smallest absolute Gasteiger partial charge is 0.255 e. The quantitative estimate of drug-likeness (QED) is 0.675. The molecule has 0 spiro atoms. The van der Waals surface area contributed by atoms with Gasteiger partial charge in [0.2, 0.25) is 5.91 Å². The van der Waals surface area contributed by atoms with Crippen molar-refractivity contribution in [1.29, 1.82) is 0 Å². The van der Waals surface area contributed by atoms with E-state index in [0.29, 0.717) is 11.3 Å². The summed E-state index contributed by atoms with van der Waals surface area (Å²) >= 11 is 0. The lowest BCUT2D eigenvalue weighted by Crippen LogP contribution is -2.33. The van der Waals surface area contributed by atoms with Crippen LogP contribution in [0.4, 0.5) is 10.1 Å². The van der Waals surface area contributed by atoms with Crippen molar-refractivity contribution in [3.8, 4) is 0 Å². The standard InChI is InChI=1S/C22H20FN3O3/c1-15(24-20(27)14-26-13-3-2-4-21(26)28)16-7-11-19(12-8-16)25-22(29)17-5-9-18(23)10-6-17/h2-13,15H,14H2,1H3,(H,24,27)(H,25,29)/t15-/m1/s1. The molecule has 1 aromatic heterocycles. The van der Waals surface area contributed by atoms with Gasteiger partial charge < -0.3 is 15.2 Å². The number of hydrogen-bond acceptors (Lipinski definition) is 3. The van der Waals surface area contributed by atoms with Gasteiger partial charge in [-0.2, -0.15) is 0 Å². The van der Waals surface area contributed by atoms with Crippen LogP contribution in [0.1, 0.15) is 28.9 Å². The molecule has 0 aliphatic rings. The number of benzene rings is 2. The van der Waals surface area contributed by atoms with Gasteiger partial charge in [-0.3, -0.25) is 14.4 Å². The number of aromatic nitrogens is 1. The van der Waals surface area contributed by atoms with Crippen LogP contribution in [0.2, 0.25) is 0 Å². The van der Waals surface area contributed by atoms with E-state index in [0.717, 1.165) is 5.56 Å². The van der Waals surface area contributed by atoms with Crippen molar-refractivity contribution in [3.63, 3.8) is 0 Å². The summed E-state index contributed by atoms with van der Waals surface area (Å²) in [4.78, 5) is 36.0. The predicted molar refractivity (Wildman–Crippen MR) is 108 cm³/mol. The maximum Gasteiger partial charge on any atom is 0.255 e. The highest BCUT2D eigenvalue weighted by Crippen LogP contribution is 2.17. The fourth-order valence-corrected chi connectivity index (χ4v) is 2.78. The summed E-state index contributed by atoms with van der Waals surface area (Å²) in [6.45, 7) is 1.77. The number of carbonyl (C=O) groups is 2. The molecule has 2 N–H and O–H groups in total. The van der Waals surface area contributed by atoms with Gasteiger partial charge in [-0.1, -0.05) is 18.2 Å². The molecule has 0 saturated heterocycles. The fraction of sp³-hybridized carbons (Fsp3) is 0.136. The van der Waals surface area contributed by atoms with E-state index in [2.05, 4.69) is 10.6 Å². The first-order chi connectivity index (χ1) is 13.9. The highest BCUT2D eigenvalue weighted by atomic mass is 19.1. The van der Waals surface area contributed by atoms with Crippen molar-refractivity contribution >= 4 is 17.5 Å². The maximum absolute atomic E-state index is 13.0. The molecular weight excluding hydrogens is 373 g/mol. The number of halogens is 1. The van der Waals surface area contributed by atoms with Gasteiger partial charge in [0, 0.05) is 23.5 Å². The lowest BCUT2D eigenvalue weighted by atomic mass is 10.1. The van der Waals surface area contributed by atoms with Crippen LogP contribution in [0.25, 0.3) is 0 Å². The first-order valence-corrected chi connectivity index (χ1v) is 9.04. The molecule has 29 heavy (non-hydrogen) atoms. The summed E-state index contributed by atoms with van der Waals surface area (Å²) in [6, 6.07) is 16.7. The van der Waals surface area contributed by atoms with Crippen molar-refractivity contribution in [2.75, 3.05) is 5.32 Å². The molecule has 0 aliphatic carbocycles. The zero-order chi connectivity index (χ0) is 20.8. The molecule has 3 rings (SSSR count). The Balaban J connectivity index is 1.58. The summed E-state index contributed by atoms with van der Waals surface area (Å²) in [5.41, 5.74) is 1.54. The Kier molecular flexibility index (Phi) is 6.19. The molecule has 0 fully saturated rings. The number of amides is 2. The summed E-state index contributed by atoms with van der Waals surface area (Å²) in [5.74, 6) is -1.02. The Morgan fingerprint density at radius 1 is 1.00 bits per heavy atom. The Bertz CT molecular complexity index is 1060. The zero-order valence-electron chi connectivity index (χ0n) is 15.8. The minimum atomic E-state index is -0.404. The zero-order valence-corrected chi connectivity index (χ0v) is 15.8. The second-order valence-corrected chi connectivity index (χ2v) is 6.54. The Morgan fingerprint density at radius 3 is 2.34 bits per heavy atom. The van der Waals surface area contributed by atoms with Crippen LogP contribution >= 0.6 is 0 Å². The van der Waals surface area contributed by atoms with Gasteiger partial charge in [-0.25, -0.2) is 4.39 Å². The molecule has 7 heteroatoms. The van der Waals surface area contributed by atoms with Crippen LogP contribution in [0.5, 0.6) is 0 Å². The van der Waals surface area contributed by atoms with E-state index in [9.17, 15) is 18.8 Å². The minimum absolute atomic E-state index is 0.0597. The van der Waals surface area contributed by atoms with E-state index in [1.54, 1.807) is 42.6 Å². The molecule has 148 valence electrons. The van der Waals surface area contributed by atoms with Crippen LogP contribution < -0.4 is 16.2 Å². The third-order valence-electron chi connectivity index (χ3n) is 4.37. The van der Waals surface area contributed by atoms with Crippen molar-refractivity contribution < 1.29 is 14.0 Å². The average molecular weight is 393 g/mol. The second kappa shape index (κ2) is 8.97. The van der Waals surface area contributed by atoms with E-state index >= 15 is 0 Å². The van der Waals surface area contributed by atoms with Gasteiger partial charge >= 0.3 is 0 Å². The van der Waals surface area contributed by atoms with E-state index in [1.807, 2.05) is 6.92 Å². The summed E-state index contributed by atoms with van der Waals surface area (Å²) in [7, 11) is 0. The third kappa shape index (κ3) is 5.38. The molecule has 1 atom stereocenters. The lowest BCUT2D eigenvalue weighted by molar-refractivity contribution is -0.122. The first-order valence-electron chi connectivity index (χ1n) is 9.04. The molecular formula is C22H20FN3O3. The van der Waals surface area contributed by atoms with Gasteiger partial charge in [-0.15, -0.1) is 0 Å². The lowest BCUT2D eigenvalue weighted by Gasteiger charge is -2.15. The number of nitrogens with zero attached hydrogens (tertiary/aromatic N) is 1. The Labute approximate surface area is 167 Å².